The second-order valence-corrected chi connectivity index (χ2v) is 6.17. The normalized spacial score (nSPS) is 12.1. The van der Waals surface area contributed by atoms with Crippen LogP contribution in [-0.4, -0.2) is 32.2 Å². The van der Waals surface area contributed by atoms with Gasteiger partial charge in [-0.3, -0.25) is 0 Å². The lowest BCUT2D eigenvalue weighted by molar-refractivity contribution is 0.187. The molecule has 0 aliphatic rings. The highest BCUT2D eigenvalue weighted by Gasteiger charge is 2.19. The minimum Gasteiger partial charge on any atom is -0.394 e. The molecule has 1 aromatic heterocycles. The summed E-state index contributed by atoms with van der Waals surface area (Å²) in [6, 6.07) is 10.3. The van der Waals surface area contributed by atoms with Gasteiger partial charge in [0.1, 0.15) is 11.4 Å². The Morgan fingerprint density at radius 2 is 1.86 bits per heavy atom. The van der Waals surface area contributed by atoms with E-state index in [-0.39, 0.29) is 18.2 Å². The molecule has 0 bridgehead atoms. The van der Waals surface area contributed by atoms with Gasteiger partial charge in [0.25, 0.3) is 0 Å². The van der Waals surface area contributed by atoms with Gasteiger partial charge in [-0.25, -0.2) is 0 Å². The Labute approximate surface area is 126 Å². The van der Waals surface area contributed by atoms with Crippen molar-refractivity contribution in [2.24, 2.45) is 0 Å². The molecule has 21 heavy (non-hydrogen) atoms. The number of aromatic nitrogens is 3. The van der Waals surface area contributed by atoms with Crippen LogP contribution in [-0.2, 0) is 6.54 Å². The molecule has 114 valence electrons. The second kappa shape index (κ2) is 6.37. The molecule has 0 aliphatic carbocycles. The van der Waals surface area contributed by atoms with E-state index >= 15 is 0 Å². The molecule has 0 spiro atoms. The van der Waals surface area contributed by atoms with E-state index in [2.05, 4.69) is 29.4 Å². The molecular weight excluding hydrogens is 264 g/mol. The van der Waals surface area contributed by atoms with E-state index in [1.807, 2.05) is 44.2 Å². The summed E-state index contributed by atoms with van der Waals surface area (Å²) >= 11 is 0. The fraction of sp³-hybridized carbons (Fsp3) is 0.500. The number of benzene rings is 1. The summed E-state index contributed by atoms with van der Waals surface area (Å²) in [5, 5.41) is 21.9. The molecule has 0 saturated heterocycles. The van der Waals surface area contributed by atoms with E-state index in [1.165, 1.54) is 0 Å². The highest BCUT2D eigenvalue weighted by Crippen LogP contribution is 2.21. The van der Waals surface area contributed by atoms with Crippen molar-refractivity contribution in [2.75, 3.05) is 6.61 Å². The third-order valence-electron chi connectivity index (χ3n) is 3.34. The van der Waals surface area contributed by atoms with Crippen molar-refractivity contribution in [2.45, 2.75) is 45.8 Å². The average Bonchev–Trinajstić information content (AvgIpc) is 2.91. The number of nitrogens with zero attached hydrogens (tertiary/aromatic N) is 3. The Hall–Kier alpha value is -1.72. The van der Waals surface area contributed by atoms with Gasteiger partial charge >= 0.3 is 0 Å². The largest absolute Gasteiger partial charge is 0.394 e. The zero-order valence-corrected chi connectivity index (χ0v) is 13.2. The Kier molecular flexibility index (Phi) is 4.75. The van der Waals surface area contributed by atoms with Crippen molar-refractivity contribution in [3.8, 4) is 11.3 Å². The molecule has 0 atom stereocenters. The van der Waals surface area contributed by atoms with E-state index in [0.717, 1.165) is 17.0 Å². The van der Waals surface area contributed by atoms with Gasteiger partial charge in [0.15, 0.2) is 0 Å². The topological polar surface area (TPSA) is 63.0 Å². The minimum absolute atomic E-state index is 0.0754. The Morgan fingerprint density at radius 1 is 1.19 bits per heavy atom. The predicted octanol–water partition coefficient (Wildman–Crippen LogP) is 2.39. The van der Waals surface area contributed by atoms with Gasteiger partial charge in [0, 0.05) is 17.6 Å². The highest BCUT2D eigenvalue weighted by molar-refractivity contribution is 5.60. The summed E-state index contributed by atoms with van der Waals surface area (Å²) in [6.07, 6.45) is 0. The Bertz CT molecular complexity index is 575. The molecule has 0 radical (unpaired) electrons. The Balaban J connectivity index is 2.31. The number of nitrogens with one attached hydrogen (secondary N) is 1. The molecule has 5 nitrogen and oxygen atoms in total. The molecule has 0 amide bonds. The lowest BCUT2D eigenvalue weighted by Gasteiger charge is -2.23. The number of rotatable bonds is 6. The summed E-state index contributed by atoms with van der Waals surface area (Å²) in [5.74, 6) is 0. The lowest BCUT2D eigenvalue weighted by Crippen LogP contribution is -2.42. The van der Waals surface area contributed by atoms with E-state index in [1.54, 1.807) is 4.80 Å². The van der Waals surface area contributed by atoms with Crippen LogP contribution in [0.1, 0.15) is 39.4 Å². The molecule has 1 heterocycles. The van der Waals surface area contributed by atoms with Crippen LogP contribution in [0, 0.1) is 0 Å². The molecule has 0 unspecified atom stereocenters. The summed E-state index contributed by atoms with van der Waals surface area (Å²) in [7, 11) is 0. The number of hydrogen-bond donors (Lipinski definition) is 2. The molecule has 1 aromatic carbocycles. The first-order valence-electron chi connectivity index (χ1n) is 7.30. The fourth-order valence-corrected chi connectivity index (χ4v) is 1.90. The van der Waals surface area contributed by atoms with Gasteiger partial charge in [0.05, 0.1) is 12.6 Å². The minimum atomic E-state index is -0.338. The zero-order valence-electron chi connectivity index (χ0n) is 13.2. The molecule has 2 rings (SSSR count). The first-order chi connectivity index (χ1) is 9.93. The van der Waals surface area contributed by atoms with Crippen LogP contribution in [0.2, 0.25) is 0 Å². The molecule has 0 fully saturated rings. The van der Waals surface area contributed by atoms with Crippen molar-refractivity contribution in [1.82, 2.24) is 20.3 Å². The van der Waals surface area contributed by atoms with E-state index in [4.69, 9.17) is 0 Å². The van der Waals surface area contributed by atoms with Crippen molar-refractivity contribution < 1.29 is 5.11 Å². The quantitative estimate of drug-likeness (QED) is 0.856. The third-order valence-corrected chi connectivity index (χ3v) is 3.34. The van der Waals surface area contributed by atoms with Crippen LogP contribution < -0.4 is 5.32 Å². The van der Waals surface area contributed by atoms with Gasteiger partial charge in [-0.2, -0.15) is 15.0 Å². The van der Waals surface area contributed by atoms with Gasteiger partial charge in [-0.05, 0) is 27.7 Å². The average molecular weight is 288 g/mol. The molecule has 5 heteroatoms. The van der Waals surface area contributed by atoms with Crippen molar-refractivity contribution in [1.29, 1.82) is 0 Å². The van der Waals surface area contributed by atoms with Crippen molar-refractivity contribution in [3.05, 3.63) is 36.0 Å². The monoisotopic (exact) mass is 288 g/mol. The van der Waals surface area contributed by atoms with Gasteiger partial charge in [0.2, 0.25) is 0 Å². The maximum Gasteiger partial charge on any atom is 0.117 e. The highest BCUT2D eigenvalue weighted by atomic mass is 16.3. The molecule has 0 saturated carbocycles. The number of hydrogen-bond acceptors (Lipinski definition) is 4. The van der Waals surface area contributed by atoms with E-state index in [0.29, 0.717) is 6.54 Å². The van der Waals surface area contributed by atoms with Gasteiger partial charge in [-0.1, -0.05) is 30.3 Å². The van der Waals surface area contributed by atoms with Gasteiger partial charge in [-0.15, -0.1) is 0 Å². The maximum absolute atomic E-state index is 9.35. The standard InChI is InChI=1S/C16H24N4O/c1-12(2)20-18-14(10-17-16(3,4)11-21)15(19-20)13-8-6-5-7-9-13/h5-9,12,17,21H,10-11H2,1-4H3. The van der Waals surface area contributed by atoms with Crippen LogP contribution in [0.25, 0.3) is 11.3 Å². The summed E-state index contributed by atoms with van der Waals surface area (Å²) in [4.78, 5) is 1.74. The van der Waals surface area contributed by atoms with Crippen LogP contribution in [0.15, 0.2) is 30.3 Å². The first-order valence-corrected chi connectivity index (χ1v) is 7.30. The third kappa shape index (κ3) is 3.89. The van der Waals surface area contributed by atoms with Crippen LogP contribution >= 0.6 is 0 Å². The number of aliphatic hydroxyl groups is 1. The molecular formula is C16H24N4O. The zero-order chi connectivity index (χ0) is 15.5. The first kappa shape index (κ1) is 15.7. The fourth-order valence-electron chi connectivity index (χ4n) is 1.90. The summed E-state index contributed by atoms with van der Waals surface area (Å²) in [5.41, 5.74) is 2.51. The van der Waals surface area contributed by atoms with E-state index < -0.39 is 0 Å². The predicted molar refractivity (Wildman–Crippen MR) is 83.8 cm³/mol. The molecule has 0 aliphatic heterocycles. The van der Waals surface area contributed by atoms with E-state index in [9.17, 15) is 5.11 Å². The van der Waals surface area contributed by atoms with Crippen LogP contribution in [0.3, 0.4) is 0 Å². The Morgan fingerprint density at radius 3 is 2.43 bits per heavy atom. The number of aliphatic hydroxyl groups excluding tert-OH is 1. The smallest absolute Gasteiger partial charge is 0.117 e. The summed E-state index contributed by atoms with van der Waals surface area (Å²) in [6.45, 7) is 8.69. The van der Waals surface area contributed by atoms with Crippen LogP contribution in [0.4, 0.5) is 0 Å². The lowest BCUT2D eigenvalue weighted by atomic mass is 10.1. The summed E-state index contributed by atoms with van der Waals surface area (Å²) < 4.78 is 0. The SMILES string of the molecule is CC(C)n1nc(CNC(C)(C)CO)c(-c2ccccc2)n1. The van der Waals surface area contributed by atoms with Crippen molar-refractivity contribution in [3.63, 3.8) is 0 Å². The van der Waals surface area contributed by atoms with Crippen molar-refractivity contribution >= 4 is 0 Å². The maximum atomic E-state index is 9.35. The van der Waals surface area contributed by atoms with Crippen LogP contribution in [0.5, 0.6) is 0 Å². The molecule has 2 aromatic rings. The van der Waals surface area contributed by atoms with Gasteiger partial charge < -0.3 is 10.4 Å². The second-order valence-electron chi connectivity index (χ2n) is 6.17. The molecule has 2 N–H and O–H groups in total.